The van der Waals surface area contributed by atoms with Crippen LogP contribution >= 0.6 is 0 Å². The predicted molar refractivity (Wildman–Crippen MR) is 107 cm³/mol. The molecule has 168 valence electrons. The van der Waals surface area contributed by atoms with E-state index in [0.717, 1.165) is 0 Å². The van der Waals surface area contributed by atoms with Crippen molar-refractivity contribution in [3.8, 4) is 0 Å². The maximum Gasteiger partial charge on any atom is 0.411 e. The minimum Gasteiger partial charge on any atom is -0.464 e. The number of carbonyl (C=O) groups excluding carboxylic acids is 3. The van der Waals surface area contributed by atoms with Gasteiger partial charge in [0.25, 0.3) is 5.69 Å². The summed E-state index contributed by atoms with van der Waals surface area (Å²) in [4.78, 5) is 49.2. The zero-order chi connectivity index (χ0) is 23.0. The summed E-state index contributed by atoms with van der Waals surface area (Å²) >= 11 is 0. The fourth-order valence-corrected chi connectivity index (χ4v) is 3.87. The molecule has 1 amide bonds. The summed E-state index contributed by atoms with van der Waals surface area (Å²) in [6, 6.07) is 4.02. The summed E-state index contributed by atoms with van der Waals surface area (Å²) in [5.74, 6) is -1.14. The largest absolute Gasteiger partial charge is 0.464 e. The molecule has 0 radical (unpaired) electrons. The molecular formula is C21H26N2O8. The Bertz CT molecular complexity index is 892. The number of hydrogen-bond donors (Lipinski definition) is 0. The number of amides is 1. The molecule has 1 saturated heterocycles. The molecule has 3 rings (SSSR count). The van der Waals surface area contributed by atoms with E-state index < -0.39 is 40.0 Å². The van der Waals surface area contributed by atoms with E-state index in [0.29, 0.717) is 12.8 Å². The number of rotatable bonds is 6. The van der Waals surface area contributed by atoms with Crippen LogP contribution < -0.4 is 0 Å². The summed E-state index contributed by atoms with van der Waals surface area (Å²) in [7, 11) is 0. The van der Waals surface area contributed by atoms with Gasteiger partial charge in [0.1, 0.15) is 11.6 Å². The van der Waals surface area contributed by atoms with Crippen LogP contribution in [0.3, 0.4) is 0 Å². The second-order valence-corrected chi connectivity index (χ2v) is 8.82. The van der Waals surface area contributed by atoms with Crippen LogP contribution in [0.15, 0.2) is 24.3 Å². The lowest BCUT2D eigenvalue weighted by molar-refractivity contribution is -0.384. The van der Waals surface area contributed by atoms with Gasteiger partial charge in [-0.3, -0.25) is 15.0 Å². The van der Waals surface area contributed by atoms with Crippen molar-refractivity contribution in [2.45, 2.75) is 58.2 Å². The smallest absolute Gasteiger partial charge is 0.411 e. The fraction of sp³-hybridized carbons (Fsp3) is 0.571. The lowest BCUT2D eigenvalue weighted by Gasteiger charge is -2.29. The first-order valence-corrected chi connectivity index (χ1v) is 10.1. The van der Waals surface area contributed by atoms with Crippen LogP contribution in [-0.4, -0.2) is 58.8 Å². The molecule has 1 aliphatic heterocycles. The highest BCUT2D eigenvalue weighted by Gasteiger charge is 2.69. The quantitative estimate of drug-likeness (QED) is 0.289. The van der Waals surface area contributed by atoms with E-state index in [4.69, 9.17) is 14.2 Å². The maximum absolute atomic E-state index is 12.7. The number of piperidine rings is 1. The minimum atomic E-state index is -0.799. The van der Waals surface area contributed by atoms with Crippen molar-refractivity contribution < 1.29 is 33.5 Å². The van der Waals surface area contributed by atoms with E-state index in [1.165, 1.54) is 29.2 Å². The Morgan fingerprint density at radius 3 is 2.35 bits per heavy atom. The average molecular weight is 434 g/mol. The number of nitrogens with zero attached hydrogens (tertiary/aromatic N) is 2. The van der Waals surface area contributed by atoms with Gasteiger partial charge >= 0.3 is 18.0 Å². The van der Waals surface area contributed by atoms with Crippen LogP contribution in [0.2, 0.25) is 0 Å². The third-order valence-electron chi connectivity index (χ3n) is 5.39. The lowest BCUT2D eigenvalue weighted by atomic mass is 10.0. The number of nitro groups is 1. The van der Waals surface area contributed by atoms with Crippen molar-refractivity contribution in [1.82, 2.24) is 4.90 Å². The Morgan fingerprint density at radius 1 is 1.16 bits per heavy atom. The van der Waals surface area contributed by atoms with Crippen molar-refractivity contribution >= 4 is 23.7 Å². The van der Waals surface area contributed by atoms with Crippen LogP contribution in [0.1, 0.15) is 50.9 Å². The van der Waals surface area contributed by atoms with E-state index in [2.05, 4.69) is 0 Å². The molecule has 0 unspecified atom stereocenters. The van der Waals surface area contributed by atoms with Gasteiger partial charge in [0.15, 0.2) is 0 Å². The number of nitro benzene ring substituents is 1. The Morgan fingerprint density at radius 2 is 1.81 bits per heavy atom. The van der Waals surface area contributed by atoms with E-state index in [-0.39, 0.29) is 30.5 Å². The normalized spacial score (nSPS) is 24.2. The highest BCUT2D eigenvalue weighted by Crippen LogP contribution is 2.60. The number of ether oxygens (including phenoxy) is 3. The average Bonchev–Trinajstić information content (AvgIpc) is 3.28. The van der Waals surface area contributed by atoms with Gasteiger partial charge < -0.3 is 14.2 Å². The van der Waals surface area contributed by atoms with E-state index in [1.54, 1.807) is 27.7 Å². The highest BCUT2D eigenvalue weighted by atomic mass is 16.6. The molecule has 0 N–H and O–H groups in total. The van der Waals surface area contributed by atoms with Crippen molar-refractivity contribution in [2.24, 2.45) is 5.41 Å². The fourth-order valence-electron chi connectivity index (χ4n) is 3.87. The van der Waals surface area contributed by atoms with Gasteiger partial charge in [0.05, 0.1) is 23.7 Å². The summed E-state index contributed by atoms with van der Waals surface area (Å²) in [5.41, 5.74) is -1.20. The molecule has 1 heterocycles. The van der Waals surface area contributed by atoms with Crippen molar-refractivity contribution in [3.63, 3.8) is 0 Å². The molecule has 1 aromatic carbocycles. The van der Waals surface area contributed by atoms with Gasteiger partial charge in [-0.2, -0.15) is 0 Å². The van der Waals surface area contributed by atoms with E-state index in [1.807, 2.05) is 0 Å². The molecule has 0 aromatic heterocycles. The SMILES string of the molecule is CCOC(=O)[C@@H]1C[C@]2(COC(=O)c3ccc([N+](=O)[O-])cc3)C[C@@H]2N1C(=O)OC(C)(C)C. The van der Waals surface area contributed by atoms with Crippen molar-refractivity contribution in [1.29, 1.82) is 0 Å². The Hall–Kier alpha value is -3.17. The molecule has 1 aliphatic carbocycles. The van der Waals surface area contributed by atoms with Crippen LogP contribution in [0.25, 0.3) is 0 Å². The van der Waals surface area contributed by atoms with Crippen molar-refractivity contribution in [2.75, 3.05) is 13.2 Å². The first kappa shape index (κ1) is 22.5. The molecule has 2 fully saturated rings. The minimum absolute atomic E-state index is 0.0166. The summed E-state index contributed by atoms with van der Waals surface area (Å²) < 4.78 is 16.0. The van der Waals surface area contributed by atoms with Gasteiger partial charge in [0.2, 0.25) is 0 Å². The van der Waals surface area contributed by atoms with Crippen molar-refractivity contribution in [3.05, 3.63) is 39.9 Å². The third-order valence-corrected chi connectivity index (χ3v) is 5.39. The summed E-state index contributed by atoms with van der Waals surface area (Å²) in [6.07, 6.45) is 0.288. The van der Waals surface area contributed by atoms with Crippen LogP contribution in [-0.2, 0) is 19.0 Å². The third kappa shape index (κ3) is 4.78. The number of fused-ring (bicyclic) bond motifs is 1. The lowest BCUT2D eigenvalue weighted by Crippen LogP contribution is -2.46. The first-order chi connectivity index (χ1) is 14.5. The number of carbonyl (C=O) groups is 3. The zero-order valence-electron chi connectivity index (χ0n) is 18.0. The zero-order valence-corrected chi connectivity index (χ0v) is 18.0. The number of hydrogen-bond acceptors (Lipinski definition) is 8. The molecular weight excluding hydrogens is 408 g/mol. The molecule has 31 heavy (non-hydrogen) atoms. The second-order valence-electron chi connectivity index (χ2n) is 8.82. The standard InChI is InChI=1S/C21H26N2O8/c1-5-29-18(25)15-10-21(11-16(21)22(15)19(26)31-20(2,3)4)12-30-17(24)13-6-8-14(9-7-13)23(27)28/h6-9,15-16H,5,10-12H2,1-4H3/t15-,16-,21+/m0/s1. The molecule has 2 aliphatic rings. The van der Waals surface area contributed by atoms with Crippen LogP contribution in [0.5, 0.6) is 0 Å². The molecule has 0 bridgehead atoms. The first-order valence-electron chi connectivity index (χ1n) is 10.1. The topological polar surface area (TPSA) is 125 Å². The van der Waals surface area contributed by atoms with Crippen LogP contribution in [0, 0.1) is 15.5 Å². The van der Waals surface area contributed by atoms with Gasteiger partial charge in [0, 0.05) is 23.6 Å². The molecule has 1 saturated carbocycles. The molecule has 1 aromatic rings. The second kappa shape index (κ2) is 8.16. The Balaban J connectivity index is 1.69. The number of likely N-dealkylation sites (tertiary alicyclic amines) is 1. The number of esters is 2. The molecule has 10 nitrogen and oxygen atoms in total. The number of benzene rings is 1. The molecule has 10 heteroatoms. The highest BCUT2D eigenvalue weighted by molar-refractivity contribution is 5.89. The summed E-state index contributed by atoms with van der Waals surface area (Å²) in [6.45, 7) is 7.12. The summed E-state index contributed by atoms with van der Waals surface area (Å²) in [5, 5.41) is 10.7. The van der Waals surface area contributed by atoms with E-state index in [9.17, 15) is 24.5 Å². The molecule has 0 spiro atoms. The molecule has 3 atom stereocenters. The monoisotopic (exact) mass is 434 g/mol. The Kier molecular flexibility index (Phi) is 5.93. The predicted octanol–water partition coefficient (Wildman–Crippen LogP) is 3.08. The number of non-ortho nitro benzene ring substituents is 1. The maximum atomic E-state index is 12.7. The Labute approximate surface area is 179 Å². The van der Waals surface area contributed by atoms with Crippen LogP contribution in [0.4, 0.5) is 10.5 Å². The van der Waals surface area contributed by atoms with Gasteiger partial charge in [-0.1, -0.05) is 0 Å². The van der Waals surface area contributed by atoms with E-state index >= 15 is 0 Å². The van der Waals surface area contributed by atoms with Gasteiger partial charge in [-0.05, 0) is 52.7 Å². The van der Waals surface area contributed by atoms with Gasteiger partial charge in [-0.25, -0.2) is 14.4 Å². The van der Waals surface area contributed by atoms with Gasteiger partial charge in [-0.15, -0.1) is 0 Å².